The second-order valence-electron chi connectivity index (χ2n) is 5.02. The van der Waals surface area contributed by atoms with Crippen LogP contribution < -0.4 is 5.32 Å². The Hall–Kier alpha value is -1.68. The fraction of sp³-hybridized carbons (Fsp3) is 0.500. The van der Waals surface area contributed by atoms with Crippen LogP contribution in [-0.4, -0.2) is 27.9 Å². The summed E-state index contributed by atoms with van der Waals surface area (Å²) in [6.45, 7) is 7.21. The third-order valence-corrected chi connectivity index (χ3v) is 3.47. The maximum Gasteiger partial charge on any atom is 0.138 e. The number of likely N-dealkylation sites (N-methyl/N-ethyl adjacent to an activating group) is 1. The summed E-state index contributed by atoms with van der Waals surface area (Å²) in [5, 5.41) is 7.77. The number of hydrogen-bond donors (Lipinski definition) is 1. The number of hydrogen-bond acceptors (Lipinski definition) is 3. The minimum Gasteiger partial charge on any atom is -0.316 e. The lowest BCUT2D eigenvalue weighted by molar-refractivity contribution is 0.526. The van der Waals surface area contributed by atoms with Crippen LogP contribution >= 0.6 is 0 Å². The van der Waals surface area contributed by atoms with Crippen molar-refractivity contribution in [3.05, 3.63) is 48.0 Å². The molecule has 4 heteroatoms. The van der Waals surface area contributed by atoms with E-state index in [-0.39, 0.29) is 0 Å². The molecule has 0 aliphatic heterocycles. The lowest BCUT2D eigenvalue weighted by Crippen LogP contribution is -2.24. The zero-order valence-corrected chi connectivity index (χ0v) is 12.4. The van der Waals surface area contributed by atoms with E-state index >= 15 is 0 Å². The van der Waals surface area contributed by atoms with Gasteiger partial charge in [0.15, 0.2) is 0 Å². The normalized spacial score (nSPS) is 12.5. The van der Waals surface area contributed by atoms with Crippen molar-refractivity contribution in [1.82, 2.24) is 20.1 Å². The zero-order valence-electron chi connectivity index (χ0n) is 12.4. The van der Waals surface area contributed by atoms with E-state index in [1.165, 1.54) is 5.56 Å². The van der Waals surface area contributed by atoms with E-state index in [2.05, 4.69) is 59.6 Å². The van der Waals surface area contributed by atoms with Crippen molar-refractivity contribution in [2.75, 3.05) is 13.1 Å². The first-order valence-corrected chi connectivity index (χ1v) is 7.47. The molecule has 1 aromatic carbocycles. The van der Waals surface area contributed by atoms with Crippen LogP contribution in [0.5, 0.6) is 0 Å². The zero-order chi connectivity index (χ0) is 14.2. The largest absolute Gasteiger partial charge is 0.316 e. The van der Waals surface area contributed by atoms with E-state index in [0.717, 1.165) is 38.3 Å². The van der Waals surface area contributed by atoms with Gasteiger partial charge in [-0.05, 0) is 18.5 Å². The molecule has 0 aliphatic carbocycles. The summed E-state index contributed by atoms with van der Waals surface area (Å²) >= 11 is 0. The molecule has 1 heterocycles. The van der Waals surface area contributed by atoms with Gasteiger partial charge in [-0.1, -0.05) is 44.2 Å². The van der Waals surface area contributed by atoms with Crippen molar-refractivity contribution < 1.29 is 0 Å². The molecule has 0 saturated carbocycles. The number of nitrogens with zero attached hydrogens (tertiary/aromatic N) is 3. The molecule has 2 rings (SSSR count). The fourth-order valence-electron chi connectivity index (χ4n) is 2.42. The van der Waals surface area contributed by atoms with Crippen LogP contribution in [0.1, 0.15) is 37.6 Å². The smallest absolute Gasteiger partial charge is 0.138 e. The number of aromatic nitrogens is 3. The summed E-state index contributed by atoms with van der Waals surface area (Å²) in [6.07, 6.45) is 3.68. The van der Waals surface area contributed by atoms with E-state index in [1.807, 2.05) is 4.68 Å². The second kappa shape index (κ2) is 7.80. The maximum atomic E-state index is 4.43. The van der Waals surface area contributed by atoms with E-state index in [9.17, 15) is 0 Å². The molecular formula is C16H24N4. The van der Waals surface area contributed by atoms with E-state index < -0.39 is 0 Å². The Labute approximate surface area is 121 Å². The van der Waals surface area contributed by atoms with Crippen LogP contribution in [0, 0.1) is 0 Å². The summed E-state index contributed by atoms with van der Waals surface area (Å²) in [4.78, 5) is 4.43. The highest BCUT2D eigenvalue weighted by molar-refractivity contribution is 5.21. The Morgan fingerprint density at radius 3 is 2.70 bits per heavy atom. The van der Waals surface area contributed by atoms with Crippen molar-refractivity contribution >= 4 is 0 Å². The van der Waals surface area contributed by atoms with Crippen molar-refractivity contribution in [3.63, 3.8) is 0 Å². The fourth-order valence-corrected chi connectivity index (χ4v) is 2.42. The number of nitrogens with one attached hydrogen (secondary N) is 1. The highest BCUT2D eigenvalue weighted by Crippen LogP contribution is 2.19. The minimum atomic E-state index is 0.441. The molecule has 0 bridgehead atoms. The first kappa shape index (κ1) is 14.7. The Bertz CT molecular complexity index is 492. The van der Waals surface area contributed by atoms with Crippen molar-refractivity contribution in [1.29, 1.82) is 0 Å². The Kier molecular flexibility index (Phi) is 5.74. The molecule has 1 N–H and O–H groups in total. The predicted octanol–water partition coefficient (Wildman–Crippen LogP) is 2.62. The molecular weight excluding hydrogens is 248 g/mol. The minimum absolute atomic E-state index is 0.441. The van der Waals surface area contributed by atoms with Gasteiger partial charge in [-0.3, -0.25) is 4.68 Å². The highest BCUT2D eigenvalue weighted by Gasteiger charge is 2.15. The molecule has 0 spiro atoms. The topological polar surface area (TPSA) is 42.7 Å². The van der Waals surface area contributed by atoms with Gasteiger partial charge in [0.1, 0.15) is 12.2 Å². The molecule has 1 atom stereocenters. The molecule has 2 aromatic rings. The standard InChI is InChI=1S/C16H24N4/c1-3-10-20-16(18-13-19-20)11-15(12-17-4-2)14-8-6-5-7-9-14/h5-9,13,15,17H,3-4,10-12H2,1-2H3. The molecule has 0 aliphatic rings. The van der Waals surface area contributed by atoms with Crippen molar-refractivity contribution in [3.8, 4) is 0 Å². The summed E-state index contributed by atoms with van der Waals surface area (Å²) in [5.74, 6) is 1.52. The first-order valence-electron chi connectivity index (χ1n) is 7.47. The SMILES string of the molecule is CCCn1ncnc1CC(CNCC)c1ccccc1. The van der Waals surface area contributed by atoms with Gasteiger partial charge in [0, 0.05) is 25.4 Å². The van der Waals surface area contributed by atoms with Gasteiger partial charge in [0.05, 0.1) is 0 Å². The molecule has 0 amide bonds. The molecule has 1 unspecified atom stereocenters. The highest BCUT2D eigenvalue weighted by atomic mass is 15.3. The predicted molar refractivity (Wildman–Crippen MR) is 81.7 cm³/mol. The lowest BCUT2D eigenvalue weighted by atomic mass is 9.95. The average molecular weight is 272 g/mol. The van der Waals surface area contributed by atoms with E-state index in [0.29, 0.717) is 5.92 Å². The van der Waals surface area contributed by atoms with Crippen molar-refractivity contribution in [2.24, 2.45) is 0 Å². The average Bonchev–Trinajstić information content (AvgIpc) is 2.92. The van der Waals surface area contributed by atoms with Gasteiger partial charge >= 0.3 is 0 Å². The second-order valence-corrected chi connectivity index (χ2v) is 5.02. The molecule has 0 saturated heterocycles. The maximum absolute atomic E-state index is 4.43. The molecule has 1 aromatic heterocycles. The number of rotatable bonds is 8. The van der Waals surface area contributed by atoms with Crippen LogP contribution in [0.15, 0.2) is 36.7 Å². The quantitative estimate of drug-likeness (QED) is 0.803. The summed E-state index contributed by atoms with van der Waals surface area (Å²) in [6, 6.07) is 10.7. The third-order valence-electron chi connectivity index (χ3n) is 3.47. The van der Waals surface area contributed by atoms with Crippen LogP contribution in [0.25, 0.3) is 0 Å². The van der Waals surface area contributed by atoms with Crippen LogP contribution in [0.3, 0.4) is 0 Å². The first-order chi connectivity index (χ1) is 9.85. The number of benzene rings is 1. The lowest BCUT2D eigenvalue weighted by Gasteiger charge is -2.17. The Balaban J connectivity index is 2.13. The summed E-state index contributed by atoms with van der Waals surface area (Å²) in [7, 11) is 0. The Morgan fingerprint density at radius 2 is 2.00 bits per heavy atom. The molecule has 0 radical (unpaired) electrons. The Morgan fingerprint density at radius 1 is 1.20 bits per heavy atom. The van der Waals surface area contributed by atoms with Gasteiger partial charge in [-0.2, -0.15) is 5.10 Å². The van der Waals surface area contributed by atoms with Crippen LogP contribution in [0.4, 0.5) is 0 Å². The van der Waals surface area contributed by atoms with Gasteiger partial charge in [0.25, 0.3) is 0 Å². The monoisotopic (exact) mass is 272 g/mol. The molecule has 20 heavy (non-hydrogen) atoms. The molecule has 4 nitrogen and oxygen atoms in total. The van der Waals surface area contributed by atoms with Gasteiger partial charge < -0.3 is 5.32 Å². The summed E-state index contributed by atoms with van der Waals surface area (Å²) in [5.41, 5.74) is 1.36. The molecule has 108 valence electrons. The van der Waals surface area contributed by atoms with Crippen LogP contribution in [-0.2, 0) is 13.0 Å². The summed E-state index contributed by atoms with van der Waals surface area (Å²) < 4.78 is 2.03. The van der Waals surface area contributed by atoms with E-state index in [4.69, 9.17) is 0 Å². The number of aryl methyl sites for hydroxylation is 1. The van der Waals surface area contributed by atoms with E-state index in [1.54, 1.807) is 6.33 Å². The van der Waals surface area contributed by atoms with Crippen molar-refractivity contribution in [2.45, 2.75) is 39.2 Å². The van der Waals surface area contributed by atoms with Gasteiger partial charge in [-0.25, -0.2) is 4.98 Å². The van der Waals surface area contributed by atoms with Crippen LogP contribution in [0.2, 0.25) is 0 Å². The van der Waals surface area contributed by atoms with Gasteiger partial charge in [0.2, 0.25) is 0 Å². The van der Waals surface area contributed by atoms with Gasteiger partial charge in [-0.15, -0.1) is 0 Å². The third kappa shape index (κ3) is 3.90. The molecule has 0 fully saturated rings.